The number of halogens is 1. The van der Waals surface area contributed by atoms with E-state index < -0.39 is 0 Å². The summed E-state index contributed by atoms with van der Waals surface area (Å²) in [6, 6.07) is 11.0. The van der Waals surface area contributed by atoms with Crippen molar-refractivity contribution in [2.75, 3.05) is 18.4 Å². The Balaban J connectivity index is 1.33. The molecular formula is C21H24FN5O2. The Kier molecular flexibility index (Phi) is 5.82. The summed E-state index contributed by atoms with van der Waals surface area (Å²) >= 11 is 0. The topological polar surface area (TPSA) is 86.4 Å². The lowest BCUT2D eigenvalue weighted by Crippen LogP contribution is -2.50. The average Bonchev–Trinajstić information content (AvgIpc) is 3.26. The first kappa shape index (κ1) is 19.5. The van der Waals surface area contributed by atoms with Gasteiger partial charge in [0.15, 0.2) is 0 Å². The van der Waals surface area contributed by atoms with Crippen LogP contribution in [-0.2, 0) is 9.59 Å². The highest BCUT2D eigenvalue weighted by molar-refractivity contribution is 5.93. The number of nitrogens with zero attached hydrogens (tertiary/aromatic N) is 2. The zero-order chi connectivity index (χ0) is 20.2. The average molecular weight is 397 g/mol. The van der Waals surface area contributed by atoms with Crippen LogP contribution < -0.4 is 16.2 Å². The van der Waals surface area contributed by atoms with E-state index in [1.807, 2.05) is 18.2 Å². The van der Waals surface area contributed by atoms with Gasteiger partial charge in [0.05, 0.1) is 17.7 Å². The first-order valence-electron chi connectivity index (χ1n) is 9.87. The minimum Gasteiger partial charge on any atom is -0.341 e. The number of hydrogen-bond acceptors (Lipinski definition) is 5. The van der Waals surface area contributed by atoms with E-state index in [-0.39, 0.29) is 35.6 Å². The third kappa shape index (κ3) is 4.60. The van der Waals surface area contributed by atoms with Crippen molar-refractivity contribution >= 4 is 17.5 Å². The second-order valence-electron chi connectivity index (χ2n) is 7.50. The number of anilines is 1. The molecule has 29 heavy (non-hydrogen) atoms. The van der Waals surface area contributed by atoms with Crippen LogP contribution in [0.15, 0.2) is 48.7 Å². The van der Waals surface area contributed by atoms with Crippen LogP contribution in [0.4, 0.5) is 10.1 Å². The van der Waals surface area contributed by atoms with Gasteiger partial charge in [0.25, 0.3) is 0 Å². The zero-order valence-corrected chi connectivity index (χ0v) is 16.0. The number of rotatable bonds is 4. The number of amides is 2. The van der Waals surface area contributed by atoms with Crippen LogP contribution in [0.5, 0.6) is 0 Å². The highest BCUT2D eigenvalue weighted by atomic mass is 19.1. The van der Waals surface area contributed by atoms with E-state index in [2.05, 4.69) is 21.2 Å². The van der Waals surface area contributed by atoms with Crippen molar-refractivity contribution in [1.82, 2.24) is 20.7 Å². The molecule has 2 fully saturated rings. The Morgan fingerprint density at radius 2 is 1.97 bits per heavy atom. The van der Waals surface area contributed by atoms with E-state index in [9.17, 15) is 14.0 Å². The second kappa shape index (κ2) is 8.67. The number of hydrazine groups is 1. The molecule has 4 rings (SSSR count). The monoisotopic (exact) mass is 397 g/mol. The van der Waals surface area contributed by atoms with E-state index >= 15 is 0 Å². The van der Waals surface area contributed by atoms with Gasteiger partial charge in [-0.2, -0.15) is 0 Å². The Labute approximate surface area is 168 Å². The lowest BCUT2D eigenvalue weighted by molar-refractivity contribution is -0.136. The van der Waals surface area contributed by atoms with Gasteiger partial charge >= 0.3 is 0 Å². The molecule has 152 valence electrons. The van der Waals surface area contributed by atoms with E-state index in [0.29, 0.717) is 25.2 Å². The highest BCUT2D eigenvalue weighted by Crippen LogP contribution is 2.24. The molecular weight excluding hydrogens is 373 g/mol. The molecule has 0 bridgehead atoms. The van der Waals surface area contributed by atoms with Crippen molar-refractivity contribution in [1.29, 1.82) is 0 Å². The minimum absolute atomic E-state index is 0.00443. The van der Waals surface area contributed by atoms with Crippen LogP contribution in [0.1, 0.15) is 31.0 Å². The lowest BCUT2D eigenvalue weighted by Gasteiger charge is -2.33. The molecule has 3 atom stereocenters. The predicted octanol–water partition coefficient (Wildman–Crippen LogP) is 2.01. The number of likely N-dealkylation sites (tertiary alicyclic amines) is 1. The fraction of sp³-hybridized carbons (Fsp3) is 0.381. The molecule has 2 saturated heterocycles. The Hall–Kier alpha value is -2.84. The fourth-order valence-electron chi connectivity index (χ4n) is 3.88. The Morgan fingerprint density at radius 1 is 1.14 bits per heavy atom. The number of pyridine rings is 1. The molecule has 7 nitrogen and oxygen atoms in total. The molecule has 0 aliphatic carbocycles. The van der Waals surface area contributed by atoms with Gasteiger partial charge in [0, 0.05) is 25.0 Å². The summed E-state index contributed by atoms with van der Waals surface area (Å²) in [7, 11) is 0. The summed E-state index contributed by atoms with van der Waals surface area (Å²) in [6.45, 7) is 1.03. The molecule has 1 aromatic carbocycles. The first-order chi connectivity index (χ1) is 14.1. The highest BCUT2D eigenvalue weighted by Gasteiger charge is 2.36. The van der Waals surface area contributed by atoms with Gasteiger partial charge in [0.1, 0.15) is 11.9 Å². The van der Waals surface area contributed by atoms with Crippen molar-refractivity contribution in [3.63, 3.8) is 0 Å². The molecule has 3 N–H and O–H groups in total. The fourth-order valence-corrected chi connectivity index (χ4v) is 3.88. The van der Waals surface area contributed by atoms with E-state index in [4.69, 9.17) is 0 Å². The maximum Gasteiger partial charge on any atom is 0.241 e. The van der Waals surface area contributed by atoms with E-state index in [1.165, 1.54) is 24.3 Å². The van der Waals surface area contributed by atoms with Crippen LogP contribution in [0, 0.1) is 11.7 Å². The molecule has 8 heteroatoms. The third-order valence-corrected chi connectivity index (χ3v) is 5.46. The van der Waals surface area contributed by atoms with Crippen LogP contribution >= 0.6 is 0 Å². The maximum absolute atomic E-state index is 13.0. The number of hydrogen-bond donors (Lipinski definition) is 3. The molecule has 3 unspecified atom stereocenters. The van der Waals surface area contributed by atoms with E-state index in [1.54, 1.807) is 11.1 Å². The molecule has 2 aromatic rings. The predicted molar refractivity (Wildman–Crippen MR) is 106 cm³/mol. The molecule has 2 aliphatic heterocycles. The van der Waals surface area contributed by atoms with Gasteiger partial charge in [-0.05, 0) is 55.7 Å². The van der Waals surface area contributed by atoms with Crippen LogP contribution in [0.25, 0.3) is 0 Å². The Bertz CT molecular complexity index is 861. The van der Waals surface area contributed by atoms with E-state index in [0.717, 1.165) is 18.5 Å². The molecule has 0 spiro atoms. The second-order valence-corrected chi connectivity index (χ2v) is 7.50. The summed E-state index contributed by atoms with van der Waals surface area (Å²) in [4.78, 5) is 31.7. The number of aromatic nitrogens is 1. The molecule has 0 saturated carbocycles. The van der Waals surface area contributed by atoms with Crippen LogP contribution in [-0.4, -0.2) is 40.8 Å². The van der Waals surface area contributed by atoms with Gasteiger partial charge in [-0.25, -0.2) is 15.2 Å². The van der Waals surface area contributed by atoms with Crippen LogP contribution in [0.2, 0.25) is 0 Å². The normalized spacial score (nSPS) is 24.3. The van der Waals surface area contributed by atoms with Gasteiger partial charge < -0.3 is 10.2 Å². The smallest absolute Gasteiger partial charge is 0.241 e. The van der Waals surface area contributed by atoms with Gasteiger partial charge in [-0.3, -0.25) is 14.6 Å². The standard InChI is InChI=1S/C21H24FN5O2/c22-15-6-8-16(9-7-15)24-20(28)14-4-3-11-27(13-14)21(29)19-12-18(25-26-19)17-5-1-2-10-23-17/h1-2,5-10,14,18-19,25-26H,3-4,11-13H2,(H,24,28). The van der Waals surface area contributed by atoms with Gasteiger partial charge in [0.2, 0.25) is 11.8 Å². The summed E-state index contributed by atoms with van der Waals surface area (Å²) in [6.07, 6.45) is 3.85. The first-order valence-corrected chi connectivity index (χ1v) is 9.87. The largest absolute Gasteiger partial charge is 0.341 e. The van der Waals surface area contributed by atoms with Crippen molar-refractivity contribution in [3.8, 4) is 0 Å². The molecule has 2 amide bonds. The molecule has 0 radical (unpaired) electrons. The Morgan fingerprint density at radius 3 is 2.72 bits per heavy atom. The van der Waals surface area contributed by atoms with Gasteiger partial charge in [-0.1, -0.05) is 6.07 Å². The van der Waals surface area contributed by atoms with Crippen molar-refractivity contribution in [2.45, 2.75) is 31.3 Å². The molecule has 1 aromatic heterocycles. The lowest BCUT2D eigenvalue weighted by atomic mass is 9.96. The minimum atomic E-state index is -0.348. The summed E-state index contributed by atoms with van der Waals surface area (Å²) in [5, 5.41) is 2.82. The van der Waals surface area contributed by atoms with Crippen molar-refractivity contribution in [2.24, 2.45) is 5.92 Å². The van der Waals surface area contributed by atoms with Crippen molar-refractivity contribution < 1.29 is 14.0 Å². The summed E-state index contributed by atoms with van der Waals surface area (Å²) < 4.78 is 13.0. The number of carbonyl (C=O) groups excluding carboxylic acids is 2. The maximum atomic E-state index is 13.0. The molecule has 2 aliphatic rings. The number of piperidine rings is 1. The quantitative estimate of drug-likeness (QED) is 0.735. The van der Waals surface area contributed by atoms with Crippen molar-refractivity contribution in [3.05, 3.63) is 60.2 Å². The molecule has 3 heterocycles. The third-order valence-electron chi connectivity index (χ3n) is 5.46. The number of benzene rings is 1. The van der Waals surface area contributed by atoms with Gasteiger partial charge in [-0.15, -0.1) is 0 Å². The zero-order valence-electron chi connectivity index (χ0n) is 16.0. The number of carbonyl (C=O) groups is 2. The SMILES string of the molecule is O=C(Nc1ccc(F)cc1)C1CCCN(C(=O)C2CC(c3ccccn3)NN2)C1. The van der Waals surface area contributed by atoms with Crippen LogP contribution in [0.3, 0.4) is 0 Å². The summed E-state index contributed by atoms with van der Waals surface area (Å²) in [5.41, 5.74) is 7.67. The number of nitrogens with one attached hydrogen (secondary N) is 3. The summed E-state index contributed by atoms with van der Waals surface area (Å²) in [5.74, 6) is -0.772.